The summed E-state index contributed by atoms with van der Waals surface area (Å²) in [4.78, 5) is 22.8. The minimum atomic E-state index is -1.25. The van der Waals surface area contributed by atoms with Crippen LogP contribution in [0.25, 0.3) is 0 Å². The first-order valence-corrected chi connectivity index (χ1v) is 6.10. The van der Waals surface area contributed by atoms with Gasteiger partial charge in [-0.15, -0.1) is 0 Å². The zero-order valence-corrected chi connectivity index (χ0v) is 11.8. The molecule has 1 aromatic carbocycles. The van der Waals surface area contributed by atoms with Gasteiger partial charge in [-0.25, -0.2) is 9.59 Å². The molecule has 0 aromatic heterocycles. The van der Waals surface area contributed by atoms with Crippen molar-refractivity contribution in [3.8, 4) is 5.75 Å². The second-order valence-electron chi connectivity index (χ2n) is 4.18. The second kappa shape index (κ2) is 8.08. The maximum absolute atomic E-state index is 11.7. The van der Waals surface area contributed by atoms with E-state index in [-0.39, 0.29) is 29.6 Å². The van der Waals surface area contributed by atoms with Gasteiger partial charge in [-0.05, 0) is 18.2 Å². The van der Waals surface area contributed by atoms with Gasteiger partial charge in [-0.2, -0.15) is 0 Å². The van der Waals surface area contributed by atoms with Gasteiger partial charge >= 0.3 is 12.0 Å². The molecule has 116 valence electrons. The van der Waals surface area contributed by atoms with Gasteiger partial charge < -0.3 is 30.3 Å². The Kier molecular flexibility index (Phi) is 6.44. The van der Waals surface area contributed by atoms with E-state index in [0.717, 1.165) is 6.07 Å². The number of phenols is 1. The number of urea groups is 1. The number of phenolic OH excluding ortho intramolecular Hbond substituents is 1. The first-order chi connectivity index (χ1) is 9.97. The number of rotatable bonds is 7. The normalized spacial score (nSPS) is 11.7. The maximum atomic E-state index is 11.7. The lowest BCUT2D eigenvalue weighted by atomic mass is 10.1. The quantitative estimate of drug-likeness (QED) is 0.555. The van der Waals surface area contributed by atoms with E-state index in [0.29, 0.717) is 6.61 Å². The molecule has 0 aliphatic carbocycles. The summed E-state index contributed by atoms with van der Waals surface area (Å²) in [6.07, 6.45) is -0.306. The molecule has 2 amide bonds. The van der Waals surface area contributed by atoms with Crippen LogP contribution < -0.4 is 10.6 Å². The summed E-state index contributed by atoms with van der Waals surface area (Å²) in [5, 5.41) is 23.2. The SMILES string of the molecule is COCC(CNC(=O)Nc1ccc(O)cc1C(=O)O)OC. The zero-order chi connectivity index (χ0) is 15.8. The number of aromatic carboxylic acids is 1. The van der Waals surface area contributed by atoms with Crippen molar-refractivity contribution in [3.05, 3.63) is 23.8 Å². The summed E-state index contributed by atoms with van der Waals surface area (Å²) in [5.41, 5.74) is -0.121. The summed E-state index contributed by atoms with van der Waals surface area (Å²) in [6.45, 7) is 0.521. The molecule has 8 heteroatoms. The molecule has 1 atom stereocenters. The number of carbonyl (C=O) groups is 2. The van der Waals surface area contributed by atoms with Crippen LogP contribution in [-0.2, 0) is 9.47 Å². The Morgan fingerprint density at radius 2 is 2.05 bits per heavy atom. The number of carbonyl (C=O) groups excluding carboxylic acids is 1. The molecule has 0 saturated carbocycles. The molecule has 21 heavy (non-hydrogen) atoms. The molecule has 0 aliphatic rings. The first-order valence-electron chi connectivity index (χ1n) is 6.10. The summed E-state index contributed by atoms with van der Waals surface area (Å²) in [6, 6.07) is 3.06. The van der Waals surface area contributed by atoms with E-state index in [1.165, 1.54) is 26.4 Å². The van der Waals surface area contributed by atoms with Crippen LogP contribution >= 0.6 is 0 Å². The molecule has 0 aliphatic heterocycles. The van der Waals surface area contributed by atoms with Crippen LogP contribution in [0.1, 0.15) is 10.4 Å². The minimum absolute atomic E-state index is 0.0820. The number of anilines is 1. The van der Waals surface area contributed by atoms with E-state index < -0.39 is 12.0 Å². The standard InChI is InChI=1S/C13H18N2O6/c1-20-7-9(21-2)6-14-13(19)15-11-4-3-8(16)5-10(11)12(17)18/h3-5,9,16H,6-7H2,1-2H3,(H,17,18)(H2,14,15,19). The van der Waals surface area contributed by atoms with E-state index in [1.54, 1.807) is 0 Å². The van der Waals surface area contributed by atoms with Gasteiger partial charge in [0.05, 0.1) is 24.0 Å². The second-order valence-corrected chi connectivity index (χ2v) is 4.18. The number of hydrogen-bond donors (Lipinski definition) is 4. The lowest BCUT2D eigenvalue weighted by Gasteiger charge is -2.16. The van der Waals surface area contributed by atoms with Crippen LogP contribution in [0.2, 0.25) is 0 Å². The lowest BCUT2D eigenvalue weighted by Crippen LogP contribution is -2.38. The Hall–Kier alpha value is -2.32. The molecule has 4 N–H and O–H groups in total. The van der Waals surface area contributed by atoms with Gasteiger partial charge in [0.1, 0.15) is 5.75 Å². The van der Waals surface area contributed by atoms with E-state index in [2.05, 4.69) is 10.6 Å². The summed E-state index contributed by atoms with van der Waals surface area (Å²) >= 11 is 0. The molecule has 1 unspecified atom stereocenters. The molecule has 0 spiro atoms. The third-order valence-corrected chi connectivity index (χ3v) is 2.66. The fraction of sp³-hybridized carbons (Fsp3) is 0.385. The van der Waals surface area contributed by atoms with Crippen molar-refractivity contribution >= 4 is 17.7 Å². The van der Waals surface area contributed by atoms with Crippen molar-refractivity contribution in [1.82, 2.24) is 5.32 Å². The van der Waals surface area contributed by atoms with Gasteiger partial charge in [0.2, 0.25) is 0 Å². The highest BCUT2D eigenvalue weighted by Gasteiger charge is 2.14. The van der Waals surface area contributed by atoms with Crippen LogP contribution in [0.4, 0.5) is 10.5 Å². The maximum Gasteiger partial charge on any atom is 0.337 e. The number of benzene rings is 1. The Morgan fingerprint density at radius 1 is 1.33 bits per heavy atom. The van der Waals surface area contributed by atoms with Crippen molar-refractivity contribution in [2.75, 3.05) is 32.7 Å². The van der Waals surface area contributed by atoms with Crippen molar-refractivity contribution in [2.24, 2.45) is 0 Å². The highest BCUT2D eigenvalue weighted by molar-refractivity contribution is 6.00. The predicted molar refractivity (Wildman–Crippen MR) is 74.8 cm³/mol. The third kappa shape index (κ3) is 5.28. The Balaban J connectivity index is 2.65. The van der Waals surface area contributed by atoms with Gasteiger partial charge in [0, 0.05) is 20.8 Å². The highest BCUT2D eigenvalue weighted by atomic mass is 16.5. The van der Waals surface area contributed by atoms with Crippen LogP contribution in [0.3, 0.4) is 0 Å². The van der Waals surface area contributed by atoms with E-state index in [4.69, 9.17) is 14.6 Å². The van der Waals surface area contributed by atoms with Gasteiger partial charge in [0.25, 0.3) is 0 Å². The number of carboxylic acid groups (broad SMARTS) is 1. The van der Waals surface area contributed by atoms with Crippen molar-refractivity contribution in [2.45, 2.75) is 6.10 Å². The molecule has 0 fully saturated rings. The molecule has 0 heterocycles. The Morgan fingerprint density at radius 3 is 2.62 bits per heavy atom. The summed E-state index contributed by atoms with van der Waals surface area (Å²) in [5.74, 6) is -1.45. The number of carboxylic acids is 1. The van der Waals surface area contributed by atoms with Crippen molar-refractivity contribution in [1.29, 1.82) is 0 Å². The molecule has 8 nitrogen and oxygen atoms in total. The van der Waals surface area contributed by atoms with Gasteiger partial charge in [0.15, 0.2) is 0 Å². The molecular formula is C13H18N2O6. The third-order valence-electron chi connectivity index (χ3n) is 2.66. The van der Waals surface area contributed by atoms with Crippen molar-refractivity contribution < 1.29 is 29.3 Å². The van der Waals surface area contributed by atoms with Crippen LogP contribution in [0.5, 0.6) is 5.75 Å². The average molecular weight is 298 g/mol. The van der Waals surface area contributed by atoms with E-state index >= 15 is 0 Å². The fourth-order valence-corrected chi connectivity index (χ4v) is 1.59. The number of ether oxygens (including phenoxy) is 2. The predicted octanol–water partition coefficient (Wildman–Crippen LogP) is 0.873. The fourth-order valence-electron chi connectivity index (χ4n) is 1.59. The molecule has 0 saturated heterocycles. The Labute approximate surface area is 121 Å². The monoisotopic (exact) mass is 298 g/mol. The van der Waals surface area contributed by atoms with Crippen LogP contribution in [0, 0.1) is 0 Å². The average Bonchev–Trinajstić information content (AvgIpc) is 2.45. The number of aromatic hydroxyl groups is 1. The van der Waals surface area contributed by atoms with Crippen LogP contribution in [0.15, 0.2) is 18.2 Å². The highest BCUT2D eigenvalue weighted by Crippen LogP contribution is 2.21. The summed E-state index contributed by atoms with van der Waals surface area (Å²) in [7, 11) is 3.01. The molecular weight excluding hydrogens is 280 g/mol. The summed E-state index contributed by atoms with van der Waals surface area (Å²) < 4.78 is 9.98. The number of nitrogens with one attached hydrogen (secondary N) is 2. The largest absolute Gasteiger partial charge is 0.508 e. The lowest BCUT2D eigenvalue weighted by molar-refractivity contribution is 0.0307. The van der Waals surface area contributed by atoms with E-state index in [1.807, 2.05) is 0 Å². The van der Waals surface area contributed by atoms with Crippen LogP contribution in [-0.4, -0.2) is 55.7 Å². The number of amides is 2. The van der Waals surface area contributed by atoms with Gasteiger partial charge in [-0.3, -0.25) is 0 Å². The smallest absolute Gasteiger partial charge is 0.337 e. The molecule has 0 bridgehead atoms. The minimum Gasteiger partial charge on any atom is -0.508 e. The first kappa shape index (κ1) is 16.7. The number of methoxy groups -OCH3 is 2. The molecule has 1 rings (SSSR count). The molecule has 1 aromatic rings. The molecule has 0 radical (unpaired) electrons. The Bertz CT molecular complexity index is 505. The number of hydrogen-bond acceptors (Lipinski definition) is 5. The van der Waals surface area contributed by atoms with Crippen molar-refractivity contribution in [3.63, 3.8) is 0 Å². The van der Waals surface area contributed by atoms with E-state index in [9.17, 15) is 14.7 Å². The van der Waals surface area contributed by atoms with Gasteiger partial charge in [-0.1, -0.05) is 0 Å². The zero-order valence-electron chi connectivity index (χ0n) is 11.8. The topological polar surface area (TPSA) is 117 Å².